The Labute approximate surface area is 338 Å². The number of nitrogens with zero attached hydrogens (tertiary/aromatic N) is 3. The summed E-state index contributed by atoms with van der Waals surface area (Å²) in [7, 11) is 3.07. The van der Waals surface area contributed by atoms with Gasteiger partial charge in [0.25, 0.3) is 0 Å². The highest BCUT2D eigenvalue weighted by Crippen LogP contribution is 2.35. The fraction of sp³-hybridized carbons (Fsp3) is 0.375. The van der Waals surface area contributed by atoms with Gasteiger partial charge in [-0.3, -0.25) is 14.5 Å². The van der Waals surface area contributed by atoms with E-state index in [9.17, 15) is 19.5 Å². The van der Waals surface area contributed by atoms with Gasteiger partial charge in [0.1, 0.15) is 19.5 Å². The highest BCUT2D eigenvalue weighted by Gasteiger charge is 2.19. The van der Waals surface area contributed by atoms with Crippen molar-refractivity contribution in [3.63, 3.8) is 0 Å². The summed E-state index contributed by atoms with van der Waals surface area (Å²) < 4.78 is 24.8. The van der Waals surface area contributed by atoms with Gasteiger partial charge in [-0.1, -0.05) is 36.4 Å². The zero-order valence-electron chi connectivity index (χ0n) is 31.5. The lowest BCUT2D eigenvalue weighted by atomic mass is 9.92. The maximum atomic E-state index is 11.5. The molecule has 2 aromatic carbocycles. The number of aliphatic carboxylic acids is 1. The highest BCUT2D eigenvalue weighted by molar-refractivity contribution is 9.10. The normalized spacial score (nSPS) is 11.0. The van der Waals surface area contributed by atoms with E-state index in [1.807, 2.05) is 36.4 Å². The number of pyridine rings is 2. The number of carboxylic acids is 1. The van der Waals surface area contributed by atoms with Crippen LogP contribution in [0.15, 0.2) is 57.5 Å². The van der Waals surface area contributed by atoms with Gasteiger partial charge < -0.3 is 39.9 Å². The second kappa shape index (κ2) is 21.5. The molecule has 1 amide bonds. The number of aldehydes is 1. The predicted molar refractivity (Wildman–Crippen MR) is 215 cm³/mol. The van der Waals surface area contributed by atoms with E-state index in [1.165, 1.54) is 7.11 Å². The van der Waals surface area contributed by atoms with E-state index in [2.05, 4.69) is 73.1 Å². The standard InChI is InChI=1S/C40H47Br2N5O8/c1-25-27(23-54-39-33(41)18-29(37(45-39)52-3)20-44-15-9-14-35(43)49)10-7-12-31(25)32-13-8-11-28(26(32)2)24-55-40-34(42)19-30(38(46-40)53-4)21-47(22-36(50)51)16-5-6-17-48/h7-8,10-13,17-19,44H,5-6,9,14-16,20-24H2,1-4H3,(H2,43,49)(H,50,51). The third-order valence-corrected chi connectivity index (χ3v) is 10.0. The summed E-state index contributed by atoms with van der Waals surface area (Å²) >= 11 is 7.17. The Bertz CT molecular complexity index is 1960. The van der Waals surface area contributed by atoms with E-state index in [0.717, 1.165) is 45.2 Å². The SMILES string of the molecule is COc1nc(OCc2cccc(-c3cccc(COc4nc(OC)c(CN(CCCC=O)CC(=O)O)cc4Br)c3C)c2C)c(Br)cc1CNCCCC(N)=O. The number of unbranched alkanes of at least 4 members (excludes halogenated alkanes) is 1. The minimum absolute atomic E-state index is 0.178. The number of carboxylic acid groups (broad SMARTS) is 1. The molecule has 13 nitrogen and oxygen atoms in total. The van der Waals surface area contributed by atoms with Crippen LogP contribution in [0.2, 0.25) is 0 Å². The number of hydrogen-bond acceptors (Lipinski definition) is 11. The van der Waals surface area contributed by atoms with Crippen molar-refractivity contribution in [1.29, 1.82) is 0 Å². The van der Waals surface area contributed by atoms with Gasteiger partial charge in [-0.05, 0) is 117 Å². The van der Waals surface area contributed by atoms with Crippen molar-refractivity contribution in [2.24, 2.45) is 5.73 Å². The maximum absolute atomic E-state index is 11.5. The molecule has 0 spiro atoms. The van der Waals surface area contributed by atoms with Crippen LogP contribution in [0.3, 0.4) is 0 Å². The molecule has 0 aliphatic heterocycles. The number of benzene rings is 2. The first kappa shape index (κ1) is 43.2. The van der Waals surface area contributed by atoms with Crippen molar-refractivity contribution in [3.8, 4) is 34.6 Å². The first-order valence-corrected chi connectivity index (χ1v) is 19.3. The summed E-state index contributed by atoms with van der Waals surface area (Å²) in [6, 6.07) is 16.0. The molecule has 294 valence electrons. The molecular weight excluding hydrogens is 838 g/mol. The molecule has 4 aromatic rings. The van der Waals surface area contributed by atoms with Crippen LogP contribution >= 0.6 is 31.9 Å². The number of aromatic nitrogens is 2. The fourth-order valence-corrected chi connectivity index (χ4v) is 6.95. The Kier molecular flexibility index (Phi) is 16.9. The Balaban J connectivity index is 1.46. The number of amides is 1. The Morgan fingerprint density at radius 2 is 1.38 bits per heavy atom. The largest absolute Gasteiger partial charge is 0.481 e. The average molecular weight is 886 g/mol. The van der Waals surface area contributed by atoms with Crippen molar-refractivity contribution in [1.82, 2.24) is 20.2 Å². The molecule has 0 saturated heterocycles. The number of methoxy groups -OCH3 is 2. The second-order valence-electron chi connectivity index (χ2n) is 12.8. The van der Waals surface area contributed by atoms with Crippen LogP contribution in [0.4, 0.5) is 0 Å². The molecule has 0 radical (unpaired) electrons. The first-order valence-electron chi connectivity index (χ1n) is 17.7. The molecule has 2 aromatic heterocycles. The molecule has 4 rings (SSSR count). The van der Waals surface area contributed by atoms with Crippen LogP contribution in [0.1, 0.15) is 59.1 Å². The van der Waals surface area contributed by atoms with E-state index in [4.69, 9.17) is 24.7 Å². The molecule has 55 heavy (non-hydrogen) atoms. The summed E-state index contributed by atoms with van der Waals surface area (Å²) in [5.74, 6) is 0.241. The lowest BCUT2D eigenvalue weighted by Crippen LogP contribution is -2.30. The zero-order chi connectivity index (χ0) is 39.9. The number of nitrogens with two attached hydrogens (primary N) is 1. The lowest BCUT2D eigenvalue weighted by Gasteiger charge is -2.21. The van der Waals surface area contributed by atoms with Gasteiger partial charge in [0.15, 0.2) is 0 Å². The number of rotatable bonds is 23. The molecule has 0 bridgehead atoms. The summed E-state index contributed by atoms with van der Waals surface area (Å²) in [6.45, 7) is 6.34. The quantitative estimate of drug-likeness (QED) is 0.0533. The summed E-state index contributed by atoms with van der Waals surface area (Å²) in [5, 5.41) is 12.7. The van der Waals surface area contributed by atoms with Crippen LogP contribution < -0.4 is 30.0 Å². The third kappa shape index (κ3) is 12.5. The van der Waals surface area contributed by atoms with E-state index >= 15 is 0 Å². The molecule has 0 aliphatic rings. The number of hydrogen-bond donors (Lipinski definition) is 3. The Morgan fingerprint density at radius 1 is 0.836 bits per heavy atom. The van der Waals surface area contributed by atoms with Crippen LogP contribution in [0.25, 0.3) is 11.1 Å². The van der Waals surface area contributed by atoms with Crippen LogP contribution in [-0.2, 0) is 40.7 Å². The zero-order valence-corrected chi connectivity index (χ0v) is 34.6. The maximum Gasteiger partial charge on any atom is 0.317 e. The third-order valence-electron chi connectivity index (χ3n) is 8.91. The molecule has 15 heteroatoms. The topological polar surface area (TPSA) is 175 Å². The molecule has 0 saturated carbocycles. The van der Waals surface area contributed by atoms with Crippen molar-refractivity contribution in [2.45, 2.75) is 65.8 Å². The lowest BCUT2D eigenvalue weighted by molar-refractivity contribution is -0.138. The number of ether oxygens (including phenoxy) is 4. The molecule has 2 heterocycles. The van der Waals surface area contributed by atoms with Gasteiger partial charge in [0, 0.05) is 37.1 Å². The molecule has 4 N–H and O–H groups in total. The minimum atomic E-state index is -0.959. The smallest absolute Gasteiger partial charge is 0.317 e. The Hall–Kier alpha value is -4.57. The van der Waals surface area contributed by atoms with Crippen molar-refractivity contribution < 1.29 is 38.4 Å². The average Bonchev–Trinajstić information content (AvgIpc) is 3.15. The van der Waals surface area contributed by atoms with E-state index < -0.39 is 5.97 Å². The molecule has 0 fully saturated rings. The van der Waals surface area contributed by atoms with Gasteiger partial charge in [0.2, 0.25) is 29.4 Å². The summed E-state index contributed by atoms with van der Waals surface area (Å²) in [4.78, 5) is 44.2. The molecular formula is C40H47Br2N5O8. The second-order valence-corrected chi connectivity index (χ2v) is 14.5. The molecule has 0 aliphatic carbocycles. The summed E-state index contributed by atoms with van der Waals surface area (Å²) in [6.07, 6.45) is 2.70. The molecule has 0 unspecified atom stereocenters. The van der Waals surface area contributed by atoms with Crippen LogP contribution in [0.5, 0.6) is 23.5 Å². The Morgan fingerprint density at radius 3 is 1.89 bits per heavy atom. The number of carbonyl (C=O) groups excluding carboxylic acids is 2. The van der Waals surface area contributed by atoms with Crippen molar-refractivity contribution >= 4 is 50.0 Å². The van der Waals surface area contributed by atoms with E-state index in [1.54, 1.807) is 12.0 Å². The van der Waals surface area contributed by atoms with Gasteiger partial charge in [-0.2, -0.15) is 9.97 Å². The van der Waals surface area contributed by atoms with Crippen molar-refractivity contribution in [3.05, 3.63) is 90.9 Å². The van der Waals surface area contributed by atoms with Crippen LogP contribution in [-0.4, -0.2) is 72.0 Å². The number of carbonyl (C=O) groups is 3. The van der Waals surface area contributed by atoms with Gasteiger partial charge in [-0.15, -0.1) is 0 Å². The minimum Gasteiger partial charge on any atom is -0.481 e. The molecule has 0 atom stereocenters. The van der Waals surface area contributed by atoms with E-state index in [0.29, 0.717) is 83.3 Å². The van der Waals surface area contributed by atoms with Gasteiger partial charge in [-0.25, -0.2) is 0 Å². The van der Waals surface area contributed by atoms with Crippen molar-refractivity contribution in [2.75, 3.05) is 33.9 Å². The summed E-state index contributed by atoms with van der Waals surface area (Å²) in [5.41, 5.74) is 13.0. The van der Waals surface area contributed by atoms with Crippen LogP contribution in [0, 0.1) is 13.8 Å². The number of primary amides is 1. The monoisotopic (exact) mass is 883 g/mol. The number of nitrogens with one attached hydrogen (secondary N) is 1. The fourth-order valence-electron chi connectivity index (χ4n) is 5.99. The first-order chi connectivity index (χ1) is 26.4. The van der Waals surface area contributed by atoms with Gasteiger partial charge >= 0.3 is 5.97 Å². The van der Waals surface area contributed by atoms with Gasteiger partial charge in [0.05, 0.1) is 29.7 Å². The number of halogens is 2. The van der Waals surface area contributed by atoms with E-state index in [-0.39, 0.29) is 32.2 Å². The predicted octanol–water partition coefficient (Wildman–Crippen LogP) is 6.68. The highest BCUT2D eigenvalue weighted by atomic mass is 79.9.